The minimum absolute atomic E-state index is 0.375. The highest BCUT2D eigenvalue weighted by molar-refractivity contribution is 7.38. The average molecular weight is 223 g/mol. The van der Waals surface area contributed by atoms with Gasteiger partial charge in [-0.1, -0.05) is 17.7 Å². The van der Waals surface area contributed by atoms with Crippen molar-refractivity contribution < 1.29 is 4.79 Å². The first-order valence-electron chi connectivity index (χ1n) is 5.27. The largest absolute Gasteiger partial charge is 0.366 e. The molecule has 0 aliphatic carbocycles. The molecule has 2 rings (SSSR count). The topological polar surface area (TPSA) is 43.1 Å². The van der Waals surface area contributed by atoms with Crippen LogP contribution in [0, 0.1) is 6.92 Å². The van der Waals surface area contributed by atoms with Crippen LogP contribution in [0.2, 0.25) is 0 Å². The second-order valence-electron chi connectivity index (χ2n) is 3.69. The second kappa shape index (κ2) is 6.58. The van der Waals surface area contributed by atoms with Crippen molar-refractivity contribution in [3.8, 4) is 0 Å². The molecule has 2 nitrogen and oxygen atoms in total. The summed E-state index contributed by atoms with van der Waals surface area (Å²) in [5, 5.41) is 0. The minimum atomic E-state index is -0.375. The van der Waals surface area contributed by atoms with Gasteiger partial charge in [0.15, 0.2) is 0 Å². The first kappa shape index (κ1) is 12.2. The molecule has 15 heavy (non-hydrogen) atoms. The van der Waals surface area contributed by atoms with Gasteiger partial charge in [-0.3, -0.25) is 4.79 Å². The van der Waals surface area contributed by atoms with Crippen LogP contribution in [-0.2, 0) is 0 Å². The third kappa shape index (κ3) is 4.94. The summed E-state index contributed by atoms with van der Waals surface area (Å²) >= 11 is 0. The van der Waals surface area contributed by atoms with E-state index in [1.807, 2.05) is 19.1 Å². The van der Waals surface area contributed by atoms with E-state index in [0.717, 1.165) is 5.56 Å². The molecular weight excluding hydrogens is 205 g/mol. The lowest BCUT2D eigenvalue weighted by Gasteiger charge is -1.93. The van der Waals surface area contributed by atoms with Crippen LogP contribution in [0.3, 0.4) is 0 Å². The molecule has 82 valence electrons. The zero-order chi connectivity index (χ0) is 11.1. The summed E-state index contributed by atoms with van der Waals surface area (Å²) < 4.78 is 0. The van der Waals surface area contributed by atoms with Gasteiger partial charge in [0.1, 0.15) is 0 Å². The number of aryl methyl sites for hydroxylation is 1. The Kier molecular flexibility index (Phi) is 5.34. The number of benzene rings is 1. The number of nitrogens with two attached hydrogens (primary N) is 1. The standard InChI is InChI=1S/C8H9NO.C4H9P/c1-6-2-4-7(5-3-6)8(9)10;1-2-4-5-3-1/h2-5H,1H3,(H2,9,10);5H,1-4H2. The summed E-state index contributed by atoms with van der Waals surface area (Å²) in [7, 11) is 1.31. The SMILES string of the molecule is C1CCPC1.Cc1ccc(C(N)=O)cc1. The Balaban J connectivity index is 0.000000187. The van der Waals surface area contributed by atoms with E-state index >= 15 is 0 Å². The van der Waals surface area contributed by atoms with E-state index in [9.17, 15) is 4.79 Å². The number of amides is 1. The predicted molar refractivity (Wildman–Crippen MR) is 67.0 cm³/mol. The second-order valence-corrected chi connectivity index (χ2v) is 5.19. The van der Waals surface area contributed by atoms with Crippen molar-refractivity contribution in [2.45, 2.75) is 19.8 Å². The Labute approximate surface area is 93.0 Å². The summed E-state index contributed by atoms with van der Waals surface area (Å²) in [5.41, 5.74) is 6.72. The Hall–Kier alpha value is -0.880. The number of hydrogen-bond donors (Lipinski definition) is 1. The molecule has 0 radical (unpaired) electrons. The van der Waals surface area contributed by atoms with Crippen LogP contribution in [0.5, 0.6) is 0 Å². The van der Waals surface area contributed by atoms with Gasteiger partial charge in [0, 0.05) is 5.56 Å². The third-order valence-electron chi connectivity index (χ3n) is 2.29. The molecule has 0 aromatic heterocycles. The van der Waals surface area contributed by atoms with Crippen molar-refractivity contribution in [3.63, 3.8) is 0 Å². The lowest BCUT2D eigenvalue weighted by atomic mass is 10.1. The van der Waals surface area contributed by atoms with E-state index in [1.54, 1.807) is 12.1 Å². The van der Waals surface area contributed by atoms with E-state index in [0.29, 0.717) is 5.56 Å². The maximum absolute atomic E-state index is 10.5. The summed E-state index contributed by atoms with van der Waals surface area (Å²) in [6.07, 6.45) is 6.08. The van der Waals surface area contributed by atoms with Crippen LogP contribution in [-0.4, -0.2) is 18.2 Å². The fourth-order valence-electron chi connectivity index (χ4n) is 1.34. The van der Waals surface area contributed by atoms with E-state index in [4.69, 9.17) is 5.73 Å². The molecule has 1 aliphatic rings. The maximum Gasteiger partial charge on any atom is 0.248 e. The Morgan fingerprint density at radius 2 is 1.73 bits per heavy atom. The number of carbonyl (C=O) groups excluding carboxylic acids is 1. The highest BCUT2D eigenvalue weighted by Gasteiger charge is 1.96. The average Bonchev–Trinajstić information content (AvgIpc) is 2.76. The van der Waals surface area contributed by atoms with Crippen LogP contribution in [0.4, 0.5) is 0 Å². The van der Waals surface area contributed by atoms with Gasteiger partial charge in [0.25, 0.3) is 0 Å². The molecule has 1 amide bonds. The van der Waals surface area contributed by atoms with E-state index in [1.165, 1.54) is 33.7 Å². The van der Waals surface area contributed by atoms with Gasteiger partial charge in [-0.05, 0) is 44.2 Å². The zero-order valence-electron chi connectivity index (χ0n) is 9.12. The van der Waals surface area contributed by atoms with Gasteiger partial charge >= 0.3 is 0 Å². The number of primary amides is 1. The van der Waals surface area contributed by atoms with Crippen molar-refractivity contribution in [2.75, 3.05) is 12.3 Å². The molecule has 1 fully saturated rings. The Bertz CT molecular complexity index is 296. The van der Waals surface area contributed by atoms with E-state index in [-0.39, 0.29) is 5.91 Å². The molecule has 0 bridgehead atoms. The van der Waals surface area contributed by atoms with Gasteiger partial charge in [-0.15, -0.1) is 8.58 Å². The van der Waals surface area contributed by atoms with Crippen molar-refractivity contribution in [3.05, 3.63) is 35.4 Å². The van der Waals surface area contributed by atoms with Crippen LogP contribution < -0.4 is 5.73 Å². The van der Waals surface area contributed by atoms with E-state index < -0.39 is 0 Å². The van der Waals surface area contributed by atoms with Crippen molar-refractivity contribution in [1.82, 2.24) is 0 Å². The molecule has 3 heteroatoms. The summed E-state index contributed by atoms with van der Waals surface area (Å²) in [6, 6.07) is 7.16. The molecule has 1 saturated heterocycles. The lowest BCUT2D eigenvalue weighted by Crippen LogP contribution is -2.10. The smallest absolute Gasteiger partial charge is 0.248 e. The summed E-state index contributed by atoms with van der Waals surface area (Å²) in [6.45, 7) is 1.96. The lowest BCUT2D eigenvalue weighted by molar-refractivity contribution is 0.100. The molecule has 0 spiro atoms. The molecular formula is C12H18NOP. The van der Waals surface area contributed by atoms with Crippen molar-refractivity contribution >= 4 is 14.5 Å². The van der Waals surface area contributed by atoms with Crippen molar-refractivity contribution in [1.29, 1.82) is 0 Å². The van der Waals surface area contributed by atoms with Gasteiger partial charge in [0.2, 0.25) is 5.91 Å². The monoisotopic (exact) mass is 223 g/mol. The molecule has 1 aliphatic heterocycles. The van der Waals surface area contributed by atoms with E-state index in [2.05, 4.69) is 0 Å². The highest BCUT2D eigenvalue weighted by atomic mass is 31.1. The van der Waals surface area contributed by atoms with Crippen molar-refractivity contribution in [2.24, 2.45) is 5.73 Å². The minimum Gasteiger partial charge on any atom is -0.366 e. The zero-order valence-corrected chi connectivity index (χ0v) is 10.1. The molecule has 2 N–H and O–H groups in total. The van der Waals surface area contributed by atoms with Crippen LogP contribution in [0.15, 0.2) is 24.3 Å². The molecule has 0 atom stereocenters. The summed E-state index contributed by atoms with van der Waals surface area (Å²) in [5.74, 6) is -0.375. The Morgan fingerprint density at radius 3 is 2.07 bits per heavy atom. The normalized spacial score (nSPS) is 14.2. The first-order valence-corrected chi connectivity index (χ1v) is 6.69. The Morgan fingerprint density at radius 1 is 1.20 bits per heavy atom. The predicted octanol–water partition coefficient (Wildman–Crippen LogP) is 2.55. The van der Waals surface area contributed by atoms with Crippen LogP contribution >= 0.6 is 8.58 Å². The quantitative estimate of drug-likeness (QED) is 0.730. The fraction of sp³-hybridized carbons (Fsp3) is 0.417. The number of rotatable bonds is 1. The maximum atomic E-state index is 10.5. The van der Waals surface area contributed by atoms with Gasteiger partial charge in [0.05, 0.1) is 0 Å². The number of carbonyl (C=O) groups is 1. The van der Waals surface area contributed by atoms with Crippen LogP contribution in [0.1, 0.15) is 28.8 Å². The fourth-order valence-corrected chi connectivity index (χ4v) is 2.59. The molecule has 0 unspecified atom stereocenters. The molecule has 1 heterocycles. The molecule has 0 saturated carbocycles. The third-order valence-corrected chi connectivity index (χ3v) is 3.71. The van der Waals surface area contributed by atoms with Gasteiger partial charge in [-0.25, -0.2) is 0 Å². The molecule has 1 aromatic rings. The molecule has 1 aromatic carbocycles. The number of hydrogen-bond acceptors (Lipinski definition) is 1. The van der Waals surface area contributed by atoms with Gasteiger partial charge in [-0.2, -0.15) is 0 Å². The first-order chi connectivity index (χ1) is 7.20. The highest BCUT2D eigenvalue weighted by Crippen LogP contribution is 2.21. The summed E-state index contributed by atoms with van der Waals surface area (Å²) in [4.78, 5) is 10.5. The van der Waals surface area contributed by atoms with Crippen LogP contribution in [0.25, 0.3) is 0 Å². The van der Waals surface area contributed by atoms with Gasteiger partial charge < -0.3 is 5.73 Å².